The average Bonchev–Trinajstić information content (AvgIpc) is 3.09. The summed E-state index contributed by atoms with van der Waals surface area (Å²) in [6, 6.07) is -0.892. The van der Waals surface area contributed by atoms with Gasteiger partial charge < -0.3 is 24.4 Å². The molecule has 8 nitrogen and oxygen atoms in total. The van der Waals surface area contributed by atoms with Gasteiger partial charge in [-0.15, -0.1) is 0 Å². The topological polar surface area (TPSA) is 96.4 Å². The van der Waals surface area contributed by atoms with E-state index in [2.05, 4.69) is 6.92 Å². The molecule has 4 aliphatic rings. The molecular formula is C22H30N2O6. The Balaban J connectivity index is 1.74. The molecule has 2 fully saturated rings. The number of hydrogen-bond donors (Lipinski definition) is 1. The third-order valence-corrected chi connectivity index (χ3v) is 6.58. The van der Waals surface area contributed by atoms with Crippen LogP contribution in [0.25, 0.3) is 0 Å². The Morgan fingerprint density at radius 3 is 2.77 bits per heavy atom. The lowest BCUT2D eigenvalue weighted by molar-refractivity contribution is -0.155. The molecule has 0 bridgehead atoms. The number of likely N-dealkylation sites (tertiary alicyclic amines) is 1. The molecule has 164 valence electrons. The summed E-state index contributed by atoms with van der Waals surface area (Å²) in [6.45, 7) is 3.16. The van der Waals surface area contributed by atoms with Crippen LogP contribution in [0.3, 0.4) is 0 Å². The molecule has 0 aliphatic carbocycles. The molecule has 0 aromatic rings. The number of fused-ring (bicyclic) bond motifs is 2. The minimum Gasteiger partial charge on any atom is -0.465 e. The number of amides is 2. The van der Waals surface area contributed by atoms with Gasteiger partial charge in [0.25, 0.3) is 0 Å². The number of ether oxygens (including phenoxy) is 2. The number of cyclic esters (lactones) is 1. The van der Waals surface area contributed by atoms with Crippen LogP contribution in [0.5, 0.6) is 0 Å². The van der Waals surface area contributed by atoms with Gasteiger partial charge in [0, 0.05) is 19.6 Å². The van der Waals surface area contributed by atoms with Crippen LogP contribution in [-0.2, 0) is 23.9 Å². The zero-order valence-corrected chi connectivity index (χ0v) is 17.4. The second kappa shape index (κ2) is 8.51. The first-order valence-electron chi connectivity index (χ1n) is 10.9. The Bertz CT molecular complexity index is 765. The number of nitrogens with zero attached hydrogens (tertiary/aromatic N) is 2. The van der Waals surface area contributed by atoms with E-state index in [4.69, 9.17) is 9.47 Å². The number of aliphatic hydroxyl groups is 1. The zero-order chi connectivity index (χ0) is 21.3. The number of aliphatic hydroxyl groups excluding tert-OH is 1. The van der Waals surface area contributed by atoms with E-state index in [-0.39, 0.29) is 31.6 Å². The number of carbonyl (C=O) groups is 3. The first-order valence-corrected chi connectivity index (χ1v) is 10.9. The van der Waals surface area contributed by atoms with Gasteiger partial charge in [0.1, 0.15) is 17.6 Å². The molecule has 30 heavy (non-hydrogen) atoms. The van der Waals surface area contributed by atoms with E-state index in [0.29, 0.717) is 19.5 Å². The van der Waals surface area contributed by atoms with Gasteiger partial charge in [0.15, 0.2) is 0 Å². The number of esters is 1. The first-order chi connectivity index (χ1) is 14.5. The number of rotatable bonds is 6. The summed E-state index contributed by atoms with van der Waals surface area (Å²) in [5, 5.41) is 9.58. The van der Waals surface area contributed by atoms with Gasteiger partial charge in [-0.1, -0.05) is 44.1 Å². The highest BCUT2D eigenvalue weighted by Gasteiger charge is 2.71. The second-order valence-electron chi connectivity index (χ2n) is 8.38. The van der Waals surface area contributed by atoms with Crippen LogP contribution in [0.4, 0.5) is 0 Å². The Morgan fingerprint density at radius 2 is 2.00 bits per heavy atom. The number of hydrogen-bond acceptors (Lipinski definition) is 6. The minimum atomic E-state index is -1.23. The van der Waals surface area contributed by atoms with Crippen LogP contribution in [0.2, 0.25) is 0 Å². The van der Waals surface area contributed by atoms with Crippen LogP contribution >= 0.6 is 0 Å². The standard InChI is InChI=1S/C22H30N2O6/c1-2-3-5-10-23-11-7-9-22-17(19(26)24(12-13-25)18(22)20(23)27)16-15(30-22)8-4-6-14-29-21(16)28/h4,7-9,15-18,25H,2-3,5-6,10-14H2,1H3/t15-,16+,17+,18?,22+/m1/s1. The van der Waals surface area contributed by atoms with E-state index in [9.17, 15) is 19.5 Å². The zero-order valence-electron chi connectivity index (χ0n) is 17.4. The highest BCUT2D eigenvalue weighted by molar-refractivity contribution is 5.99. The van der Waals surface area contributed by atoms with Crippen molar-refractivity contribution >= 4 is 17.8 Å². The summed E-state index contributed by atoms with van der Waals surface area (Å²) < 4.78 is 11.8. The maximum atomic E-state index is 13.6. The molecule has 4 aliphatic heterocycles. The van der Waals surface area contributed by atoms with E-state index in [0.717, 1.165) is 19.3 Å². The third kappa shape index (κ3) is 3.26. The van der Waals surface area contributed by atoms with Gasteiger partial charge in [0.2, 0.25) is 11.8 Å². The molecule has 4 heterocycles. The molecule has 5 atom stereocenters. The van der Waals surface area contributed by atoms with Gasteiger partial charge in [0.05, 0.1) is 25.2 Å². The summed E-state index contributed by atoms with van der Waals surface area (Å²) in [6.07, 6.45) is 10.3. The van der Waals surface area contributed by atoms with E-state index in [1.807, 2.05) is 18.2 Å². The molecular weight excluding hydrogens is 388 g/mol. The SMILES string of the molecule is CCCCCN1CC=C[C@]23O[C@@H]4C=CCCOC(=O)[C@@H]4[C@H]2C(=O)N(CCO)C3C1=O. The van der Waals surface area contributed by atoms with E-state index < -0.39 is 35.6 Å². The third-order valence-electron chi connectivity index (χ3n) is 6.58. The van der Waals surface area contributed by atoms with Crippen molar-refractivity contribution in [2.45, 2.75) is 50.4 Å². The molecule has 0 radical (unpaired) electrons. The molecule has 2 amide bonds. The molecule has 1 unspecified atom stereocenters. The lowest BCUT2D eigenvalue weighted by Gasteiger charge is -2.35. The molecule has 0 aromatic heterocycles. The smallest absolute Gasteiger partial charge is 0.312 e. The van der Waals surface area contributed by atoms with Crippen molar-refractivity contribution in [1.82, 2.24) is 9.80 Å². The van der Waals surface area contributed by atoms with E-state index in [1.165, 1.54) is 4.90 Å². The normalized spacial score (nSPS) is 35.5. The predicted octanol–water partition coefficient (Wildman–Crippen LogP) is 0.651. The van der Waals surface area contributed by atoms with Crippen molar-refractivity contribution in [1.29, 1.82) is 0 Å². The monoisotopic (exact) mass is 418 g/mol. The minimum absolute atomic E-state index is 0.0236. The van der Waals surface area contributed by atoms with Gasteiger partial charge in [-0.3, -0.25) is 14.4 Å². The maximum Gasteiger partial charge on any atom is 0.312 e. The van der Waals surface area contributed by atoms with Crippen LogP contribution < -0.4 is 0 Å². The summed E-state index contributed by atoms with van der Waals surface area (Å²) in [4.78, 5) is 43.0. The van der Waals surface area contributed by atoms with Crippen LogP contribution in [0.1, 0.15) is 32.6 Å². The highest BCUT2D eigenvalue weighted by Crippen LogP contribution is 2.53. The van der Waals surface area contributed by atoms with Gasteiger partial charge in [-0.2, -0.15) is 0 Å². The Kier molecular flexibility index (Phi) is 5.97. The first kappa shape index (κ1) is 21.1. The lowest BCUT2D eigenvalue weighted by Crippen LogP contribution is -2.55. The van der Waals surface area contributed by atoms with Crippen molar-refractivity contribution in [3.05, 3.63) is 24.3 Å². The van der Waals surface area contributed by atoms with Crippen molar-refractivity contribution in [2.24, 2.45) is 11.8 Å². The fourth-order valence-corrected chi connectivity index (χ4v) is 5.26. The second-order valence-corrected chi connectivity index (χ2v) is 8.38. The fraction of sp³-hybridized carbons (Fsp3) is 0.682. The van der Waals surface area contributed by atoms with Crippen molar-refractivity contribution in [3.8, 4) is 0 Å². The van der Waals surface area contributed by atoms with Crippen LogP contribution in [-0.4, -0.2) is 83.3 Å². The average molecular weight is 418 g/mol. The molecule has 8 heteroatoms. The number of unbranched alkanes of at least 4 members (excludes halogenated alkanes) is 2. The fourth-order valence-electron chi connectivity index (χ4n) is 5.26. The van der Waals surface area contributed by atoms with Crippen molar-refractivity contribution < 1.29 is 29.0 Å². The van der Waals surface area contributed by atoms with Gasteiger partial charge >= 0.3 is 5.97 Å². The molecule has 1 N–H and O–H groups in total. The number of carbonyl (C=O) groups excluding carboxylic acids is 3. The quantitative estimate of drug-likeness (QED) is 0.387. The van der Waals surface area contributed by atoms with Gasteiger partial charge in [-0.25, -0.2) is 0 Å². The Morgan fingerprint density at radius 1 is 1.17 bits per heavy atom. The lowest BCUT2D eigenvalue weighted by atomic mass is 9.77. The van der Waals surface area contributed by atoms with Crippen molar-refractivity contribution in [3.63, 3.8) is 0 Å². The van der Waals surface area contributed by atoms with E-state index >= 15 is 0 Å². The summed E-state index contributed by atoms with van der Waals surface area (Å²) in [5.74, 6) is -2.63. The largest absolute Gasteiger partial charge is 0.465 e. The molecule has 2 saturated heterocycles. The highest BCUT2D eigenvalue weighted by atomic mass is 16.6. The van der Waals surface area contributed by atoms with Crippen molar-refractivity contribution in [2.75, 3.05) is 32.8 Å². The molecule has 0 aromatic carbocycles. The number of β-amino-alcohol motifs (C(OH)–C–C–N with tert-alkyl or cyclic N) is 1. The molecule has 4 rings (SSSR count). The predicted molar refractivity (Wildman–Crippen MR) is 107 cm³/mol. The summed E-state index contributed by atoms with van der Waals surface area (Å²) in [7, 11) is 0. The summed E-state index contributed by atoms with van der Waals surface area (Å²) in [5.41, 5.74) is -1.23. The maximum absolute atomic E-state index is 13.6. The summed E-state index contributed by atoms with van der Waals surface area (Å²) >= 11 is 0. The van der Waals surface area contributed by atoms with Gasteiger partial charge in [-0.05, 0) is 12.8 Å². The Labute approximate surface area is 176 Å². The molecule has 1 spiro atoms. The van der Waals surface area contributed by atoms with Crippen LogP contribution in [0.15, 0.2) is 24.3 Å². The Hall–Kier alpha value is -2.19. The molecule has 0 saturated carbocycles. The van der Waals surface area contributed by atoms with E-state index in [1.54, 1.807) is 11.0 Å². The van der Waals surface area contributed by atoms with Crippen LogP contribution in [0, 0.1) is 11.8 Å².